The molecule has 0 unspecified atom stereocenters. The Balaban J connectivity index is 1.37. The monoisotopic (exact) mass is 621 g/mol. The second-order valence-corrected chi connectivity index (χ2v) is 12.3. The maximum Gasteiger partial charge on any atom is 0.0992 e. The van der Waals surface area contributed by atoms with E-state index in [1.54, 1.807) is 0 Å². The molecular weight excluding hydrogens is 595 g/mol. The molecule has 0 aliphatic heterocycles. The average molecular weight is 622 g/mol. The molecule has 0 N–H and O–H groups in total. The maximum absolute atomic E-state index is 10.4. The minimum atomic E-state index is 0.559. The fraction of sp³-hybridized carbons (Fsp3) is 0. The van der Waals surface area contributed by atoms with Gasteiger partial charge in [-0.25, -0.2) is 0 Å². The molecule has 1 heterocycles. The molecule has 1 aromatic heterocycles. The summed E-state index contributed by atoms with van der Waals surface area (Å²) in [7, 11) is 0. The van der Waals surface area contributed by atoms with Crippen LogP contribution >= 0.6 is 0 Å². The summed E-state index contributed by atoms with van der Waals surface area (Å²) < 4.78 is 2.28. The van der Waals surface area contributed by atoms with E-state index >= 15 is 0 Å². The smallest absolute Gasteiger partial charge is 0.0992 e. The van der Waals surface area contributed by atoms with E-state index in [2.05, 4.69) is 144 Å². The highest BCUT2D eigenvalue weighted by Crippen LogP contribution is 2.45. The van der Waals surface area contributed by atoms with Gasteiger partial charge in [0.05, 0.1) is 40.0 Å². The second kappa shape index (κ2) is 11.4. The Morgan fingerprint density at radius 2 is 0.837 bits per heavy atom. The lowest BCUT2D eigenvalue weighted by atomic mass is 9.85. The summed E-state index contributed by atoms with van der Waals surface area (Å²) in [5.74, 6) is 0. The van der Waals surface area contributed by atoms with Crippen molar-refractivity contribution in [2.24, 2.45) is 0 Å². The Morgan fingerprint density at radius 3 is 1.39 bits per heavy atom. The molecule has 0 saturated heterocycles. The topological polar surface area (TPSA) is 52.5 Å². The largest absolute Gasteiger partial charge is 0.309 e. The Labute approximate surface area is 283 Å². The summed E-state index contributed by atoms with van der Waals surface area (Å²) in [5, 5.41) is 27.4. The SMILES string of the molecule is N#Cc1cc(-c2cc(C#N)ccc2-n2c3ccccc3c3ccccc32)cc(-c2c3ccccc3c(-c3ccccc3)c3ccccc23)c1. The van der Waals surface area contributed by atoms with Crippen LogP contribution in [0.3, 0.4) is 0 Å². The zero-order valence-electron chi connectivity index (χ0n) is 26.4. The van der Waals surface area contributed by atoms with Gasteiger partial charge in [0.15, 0.2) is 0 Å². The van der Waals surface area contributed by atoms with Crippen molar-refractivity contribution in [3.8, 4) is 51.2 Å². The first-order valence-corrected chi connectivity index (χ1v) is 16.3. The summed E-state index contributed by atoms with van der Waals surface area (Å²) in [6.45, 7) is 0. The van der Waals surface area contributed by atoms with Crippen molar-refractivity contribution in [2.45, 2.75) is 0 Å². The van der Waals surface area contributed by atoms with E-state index in [1.165, 1.54) is 5.56 Å². The summed E-state index contributed by atoms with van der Waals surface area (Å²) >= 11 is 0. The highest BCUT2D eigenvalue weighted by molar-refractivity contribution is 6.21. The maximum atomic E-state index is 10.4. The molecule has 49 heavy (non-hydrogen) atoms. The third kappa shape index (κ3) is 4.49. The molecule has 0 bridgehead atoms. The Hall–Kier alpha value is -6.94. The first kappa shape index (κ1) is 28.3. The zero-order valence-corrected chi connectivity index (χ0v) is 26.4. The van der Waals surface area contributed by atoms with Gasteiger partial charge >= 0.3 is 0 Å². The fourth-order valence-electron chi connectivity index (χ4n) is 7.56. The molecule has 8 aromatic carbocycles. The van der Waals surface area contributed by atoms with Crippen LogP contribution in [0.5, 0.6) is 0 Å². The number of para-hydroxylation sites is 2. The molecule has 0 spiro atoms. The average Bonchev–Trinajstić information content (AvgIpc) is 3.51. The normalized spacial score (nSPS) is 11.2. The quantitative estimate of drug-likeness (QED) is 0.184. The lowest BCUT2D eigenvalue weighted by molar-refractivity contribution is 1.18. The van der Waals surface area contributed by atoms with Crippen LogP contribution in [-0.2, 0) is 0 Å². The fourth-order valence-corrected chi connectivity index (χ4v) is 7.56. The van der Waals surface area contributed by atoms with E-state index < -0.39 is 0 Å². The molecule has 0 radical (unpaired) electrons. The molecule has 0 aliphatic rings. The van der Waals surface area contributed by atoms with Crippen molar-refractivity contribution in [3.63, 3.8) is 0 Å². The van der Waals surface area contributed by atoms with Crippen molar-refractivity contribution in [2.75, 3.05) is 0 Å². The van der Waals surface area contributed by atoms with E-state index in [4.69, 9.17) is 0 Å². The van der Waals surface area contributed by atoms with Crippen molar-refractivity contribution in [1.82, 2.24) is 4.57 Å². The third-order valence-corrected chi connectivity index (χ3v) is 9.60. The van der Waals surface area contributed by atoms with Crippen LogP contribution in [0.15, 0.2) is 164 Å². The van der Waals surface area contributed by atoms with Gasteiger partial charge in [-0.1, -0.05) is 115 Å². The lowest BCUT2D eigenvalue weighted by Gasteiger charge is -2.19. The first-order chi connectivity index (χ1) is 24.2. The molecular formula is C46H27N3. The first-order valence-electron chi connectivity index (χ1n) is 16.3. The Morgan fingerprint density at radius 1 is 0.367 bits per heavy atom. The van der Waals surface area contributed by atoms with Crippen LogP contribution in [0, 0.1) is 22.7 Å². The van der Waals surface area contributed by atoms with Gasteiger partial charge in [-0.15, -0.1) is 0 Å². The molecule has 0 atom stereocenters. The number of nitriles is 2. The van der Waals surface area contributed by atoms with Crippen molar-refractivity contribution >= 4 is 43.4 Å². The second-order valence-electron chi connectivity index (χ2n) is 12.3. The Kier molecular flexibility index (Phi) is 6.58. The zero-order chi connectivity index (χ0) is 32.9. The number of nitrogens with zero attached hydrogens (tertiary/aromatic N) is 3. The summed E-state index contributed by atoms with van der Waals surface area (Å²) in [4.78, 5) is 0. The van der Waals surface area contributed by atoms with Gasteiger partial charge in [0.25, 0.3) is 0 Å². The Bertz CT molecular complexity index is 2740. The molecule has 9 rings (SSSR count). The van der Waals surface area contributed by atoms with Crippen LogP contribution < -0.4 is 0 Å². The van der Waals surface area contributed by atoms with Gasteiger partial charge in [-0.3, -0.25) is 0 Å². The van der Waals surface area contributed by atoms with E-state index in [-0.39, 0.29) is 0 Å². The molecule has 0 saturated carbocycles. The predicted molar refractivity (Wildman–Crippen MR) is 202 cm³/mol. The van der Waals surface area contributed by atoms with Gasteiger partial charge in [0.1, 0.15) is 0 Å². The number of hydrogen-bond donors (Lipinski definition) is 0. The summed E-state index contributed by atoms with van der Waals surface area (Å²) in [5.41, 5.74) is 10.4. The van der Waals surface area contributed by atoms with E-state index in [9.17, 15) is 10.5 Å². The van der Waals surface area contributed by atoms with Crippen LogP contribution in [0.25, 0.3) is 82.4 Å². The number of rotatable bonds is 4. The predicted octanol–water partition coefficient (Wildman–Crippen LogP) is 11.8. The molecule has 9 aromatic rings. The van der Waals surface area contributed by atoms with E-state index in [0.29, 0.717) is 11.1 Å². The minimum Gasteiger partial charge on any atom is -0.309 e. The van der Waals surface area contributed by atoms with E-state index in [0.717, 1.165) is 76.9 Å². The van der Waals surface area contributed by atoms with Gasteiger partial charge in [-0.2, -0.15) is 10.5 Å². The number of fused-ring (bicyclic) bond motifs is 5. The van der Waals surface area contributed by atoms with Gasteiger partial charge in [-0.05, 0) is 97.9 Å². The van der Waals surface area contributed by atoms with E-state index in [1.807, 2.05) is 36.4 Å². The summed E-state index contributed by atoms with van der Waals surface area (Å²) in [6.07, 6.45) is 0. The number of benzene rings is 8. The summed E-state index contributed by atoms with van der Waals surface area (Å²) in [6, 6.07) is 61.3. The van der Waals surface area contributed by atoms with Crippen LogP contribution in [0.4, 0.5) is 0 Å². The molecule has 0 amide bonds. The number of aromatic nitrogens is 1. The molecule has 3 nitrogen and oxygen atoms in total. The number of hydrogen-bond acceptors (Lipinski definition) is 2. The standard InChI is InChI=1S/C46H27N3/c47-28-30-22-23-44(49-42-20-10-8-14-35(42)36-15-9-11-21-43(36)49)41(26-30)33-24-31(29-48)25-34(27-33)46-39-18-6-4-16-37(39)45(32-12-2-1-3-13-32)38-17-5-7-19-40(38)46/h1-27H. The van der Waals surface area contributed by atoms with Gasteiger partial charge in [0.2, 0.25) is 0 Å². The van der Waals surface area contributed by atoms with Crippen molar-refractivity contribution < 1.29 is 0 Å². The van der Waals surface area contributed by atoms with Crippen LogP contribution in [-0.4, -0.2) is 4.57 Å². The lowest BCUT2D eigenvalue weighted by Crippen LogP contribution is -1.99. The highest BCUT2D eigenvalue weighted by Gasteiger charge is 2.20. The molecule has 226 valence electrons. The minimum absolute atomic E-state index is 0.559. The highest BCUT2D eigenvalue weighted by atomic mass is 15.0. The van der Waals surface area contributed by atoms with Crippen molar-refractivity contribution in [3.05, 3.63) is 175 Å². The van der Waals surface area contributed by atoms with Gasteiger partial charge in [0, 0.05) is 16.3 Å². The third-order valence-electron chi connectivity index (χ3n) is 9.60. The molecule has 3 heteroatoms. The van der Waals surface area contributed by atoms with Crippen LogP contribution in [0.2, 0.25) is 0 Å². The van der Waals surface area contributed by atoms with Crippen LogP contribution in [0.1, 0.15) is 11.1 Å². The van der Waals surface area contributed by atoms with Gasteiger partial charge < -0.3 is 4.57 Å². The molecule has 0 fully saturated rings. The van der Waals surface area contributed by atoms with Crippen molar-refractivity contribution in [1.29, 1.82) is 10.5 Å². The molecule has 0 aliphatic carbocycles.